The Hall–Kier alpha value is -2.88. The second kappa shape index (κ2) is 5.56. The van der Waals surface area contributed by atoms with Crippen molar-refractivity contribution in [3.8, 4) is 0 Å². The number of para-hydroxylation sites is 1. The first-order valence-electron chi connectivity index (χ1n) is 9.17. The standard InChI is InChI=1S/C22H20N2O2/c1-14-8-10-16(11-9-14)24-21(25)17-13-15-5-2-3-6-18(15)23-12-4-7-19(23)20(17)22(24)26/h2-3,5-6,8-11,13,19-20H,4,7,12H2,1H3. The molecule has 3 heterocycles. The van der Waals surface area contributed by atoms with E-state index in [4.69, 9.17) is 0 Å². The first-order valence-corrected chi connectivity index (χ1v) is 9.17. The fourth-order valence-electron chi connectivity index (χ4n) is 4.57. The second-order valence-corrected chi connectivity index (χ2v) is 7.35. The molecular formula is C22H20N2O2. The summed E-state index contributed by atoms with van der Waals surface area (Å²) >= 11 is 0. The molecule has 4 heteroatoms. The van der Waals surface area contributed by atoms with Crippen LogP contribution >= 0.6 is 0 Å². The van der Waals surface area contributed by atoms with E-state index < -0.39 is 0 Å². The molecule has 130 valence electrons. The van der Waals surface area contributed by atoms with Crippen molar-refractivity contribution in [3.63, 3.8) is 0 Å². The number of amides is 2. The summed E-state index contributed by atoms with van der Waals surface area (Å²) < 4.78 is 0. The van der Waals surface area contributed by atoms with Crippen molar-refractivity contribution >= 4 is 29.3 Å². The molecule has 26 heavy (non-hydrogen) atoms. The lowest BCUT2D eigenvalue weighted by atomic mass is 9.91. The van der Waals surface area contributed by atoms with Gasteiger partial charge >= 0.3 is 0 Å². The molecule has 2 aromatic rings. The molecule has 2 fully saturated rings. The van der Waals surface area contributed by atoms with E-state index in [1.54, 1.807) is 0 Å². The van der Waals surface area contributed by atoms with Gasteiger partial charge in [0.15, 0.2) is 0 Å². The summed E-state index contributed by atoms with van der Waals surface area (Å²) in [5.41, 5.74) is 4.58. The maximum Gasteiger partial charge on any atom is 0.261 e. The smallest absolute Gasteiger partial charge is 0.261 e. The number of fused-ring (bicyclic) bond motifs is 5. The van der Waals surface area contributed by atoms with Gasteiger partial charge in [-0.2, -0.15) is 0 Å². The van der Waals surface area contributed by atoms with Crippen LogP contribution in [0.15, 0.2) is 54.1 Å². The summed E-state index contributed by atoms with van der Waals surface area (Å²) in [6.45, 7) is 2.93. The predicted octanol–water partition coefficient (Wildman–Crippen LogP) is 3.55. The Morgan fingerprint density at radius 2 is 1.77 bits per heavy atom. The lowest BCUT2D eigenvalue weighted by Gasteiger charge is -2.29. The minimum atomic E-state index is -0.376. The van der Waals surface area contributed by atoms with E-state index in [-0.39, 0.29) is 23.8 Å². The van der Waals surface area contributed by atoms with Gasteiger partial charge in [-0.1, -0.05) is 35.9 Å². The maximum atomic E-state index is 13.3. The van der Waals surface area contributed by atoms with Gasteiger partial charge in [-0.05, 0) is 49.6 Å². The third-order valence-electron chi connectivity index (χ3n) is 5.80. The molecule has 3 aliphatic rings. The molecule has 0 spiro atoms. The molecule has 0 aliphatic carbocycles. The van der Waals surface area contributed by atoms with Crippen molar-refractivity contribution < 1.29 is 9.59 Å². The van der Waals surface area contributed by atoms with Crippen LogP contribution < -0.4 is 9.80 Å². The maximum absolute atomic E-state index is 13.3. The molecule has 2 unspecified atom stereocenters. The molecule has 2 saturated heterocycles. The van der Waals surface area contributed by atoms with Crippen LogP contribution in [-0.2, 0) is 9.59 Å². The lowest BCUT2D eigenvalue weighted by Crippen LogP contribution is -2.40. The molecule has 2 aromatic carbocycles. The molecule has 0 bridgehead atoms. The molecule has 3 aliphatic heterocycles. The van der Waals surface area contributed by atoms with Gasteiger partial charge in [0.1, 0.15) is 0 Å². The molecule has 4 nitrogen and oxygen atoms in total. The van der Waals surface area contributed by atoms with Gasteiger partial charge < -0.3 is 4.90 Å². The van der Waals surface area contributed by atoms with Gasteiger partial charge in [-0.3, -0.25) is 9.59 Å². The molecule has 2 atom stereocenters. The van der Waals surface area contributed by atoms with E-state index in [0.717, 1.165) is 36.2 Å². The van der Waals surface area contributed by atoms with Gasteiger partial charge in [-0.15, -0.1) is 0 Å². The number of hydrogen-bond donors (Lipinski definition) is 0. The van der Waals surface area contributed by atoms with Crippen LogP contribution in [0.3, 0.4) is 0 Å². The Morgan fingerprint density at radius 3 is 2.58 bits per heavy atom. The van der Waals surface area contributed by atoms with E-state index in [1.165, 1.54) is 4.90 Å². The number of anilines is 2. The van der Waals surface area contributed by atoms with Crippen molar-refractivity contribution in [2.24, 2.45) is 5.92 Å². The average molecular weight is 344 g/mol. The fraction of sp³-hybridized carbons (Fsp3) is 0.273. The number of carbonyl (C=O) groups is 2. The first kappa shape index (κ1) is 15.4. The minimum absolute atomic E-state index is 0.0665. The van der Waals surface area contributed by atoms with Crippen molar-refractivity contribution in [1.82, 2.24) is 0 Å². The Labute approximate surface area is 152 Å². The molecule has 5 rings (SSSR count). The largest absolute Gasteiger partial charge is 0.367 e. The Balaban J connectivity index is 1.66. The lowest BCUT2D eigenvalue weighted by molar-refractivity contribution is -0.122. The zero-order valence-electron chi connectivity index (χ0n) is 14.7. The van der Waals surface area contributed by atoms with Crippen LogP contribution in [0.25, 0.3) is 6.08 Å². The zero-order chi connectivity index (χ0) is 17.8. The third-order valence-corrected chi connectivity index (χ3v) is 5.80. The molecule has 0 saturated carbocycles. The van der Waals surface area contributed by atoms with Crippen LogP contribution in [0.5, 0.6) is 0 Å². The van der Waals surface area contributed by atoms with Crippen molar-refractivity contribution in [2.45, 2.75) is 25.8 Å². The quantitative estimate of drug-likeness (QED) is 0.743. The molecule has 0 radical (unpaired) electrons. The number of rotatable bonds is 1. The van der Waals surface area contributed by atoms with Gasteiger partial charge in [-0.25, -0.2) is 4.90 Å². The van der Waals surface area contributed by atoms with E-state index in [9.17, 15) is 9.59 Å². The van der Waals surface area contributed by atoms with Crippen molar-refractivity contribution in [3.05, 3.63) is 65.2 Å². The van der Waals surface area contributed by atoms with E-state index in [0.29, 0.717) is 11.3 Å². The highest BCUT2D eigenvalue weighted by Gasteiger charge is 2.51. The van der Waals surface area contributed by atoms with Crippen LogP contribution in [0.1, 0.15) is 24.0 Å². The van der Waals surface area contributed by atoms with Crippen molar-refractivity contribution in [1.29, 1.82) is 0 Å². The molecule has 0 aromatic heterocycles. The van der Waals surface area contributed by atoms with Gasteiger partial charge in [0, 0.05) is 23.8 Å². The monoisotopic (exact) mass is 344 g/mol. The minimum Gasteiger partial charge on any atom is -0.367 e. The summed E-state index contributed by atoms with van der Waals surface area (Å²) in [4.78, 5) is 30.2. The van der Waals surface area contributed by atoms with Crippen LogP contribution in [0, 0.1) is 12.8 Å². The third kappa shape index (κ3) is 2.08. The summed E-state index contributed by atoms with van der Waals surface area (Å²) in [7, 11) is 0. The van der Waals surface area contributed by atoms with E-state index in [2.05, 4.69) is 11.0 Å². The highest BCUT2D eigenvalue weighted by molar-refractivity contribution is 6.31. The number of carbonyl (C=O) groups excluding carboxylic acids is 2. The van der Waals surface area contributed by atoms with Gasteiger partial charge in [0.2, 0.25) is 5.91 Å². The number of nitrogens with zero attached hydrogens (tertiary/aromatic N) is 2. The topological polar surface area (TPSA) is 40.6 Å². The number of aryl methyl sites for hydroxylation is 1. The van der Waals surface area contributed by atoms with Crippen LogP contribution in [-0.4, -0.2) is 24.4 Å². The Bertz CT molecular complexity index is 945. The van der Waals surface area contributed by atoms with Crippen LogP contribution in [0.4, 0.5) is 11.4 Å². The number of hydrogen-bond acceptors (Lipinski definition) is 3. The molecule has 0 N–H and O–H groups in total. The van der Waals surface area contributed by atoms with Crippen molar-refractivity contribution in [2.75, 3.05) is 16.3 Å². The normalized spacial score (nSPS) is 24.1. The zero-order valence-corrected chi connectivity index (χ0v) is 14.7. The first-order chi connectivity index (χ1) is 12.6. The molecular weight excluding hydrogens is 324 g/mol. The fourth-order valence-corrected chi connectivity index (χ4v) is 4.57. The summed E-state index contributed by atoms with van der Waals surface area (Å²) in [5, 5.41) is 0. The highest BCUT2D eigenvalue weighted by atomic mass is 16.2. The van der Waals surface area contributed by atoms with Gasteiger partial charge in [0.25, 0.3) is 5.91 Å². The van der Waals surface area contributed by atoms with Gasteiger partial charge in [0.05, 0.1) is 11.6 Å². The summed E-state index contributed by atoms with van der Waals surface area (Å²) in [5.74, 6) is -0.638. The average Bonchev–Trinajstić information content (AvgIpc) is 3.16. The Kier molecular flexibility index (Phi) is 3.29. The second-order valence-electron chi connectivity index (χ2n) is 7.35. The molecule has 2 amide bonds. The highest BCUT2D eigenvalue weighted by Crippen LogP contribution is 2.44. The van der Waals surface area contributed by atoms with E-state index >= 15 is 0 Å². The summed E-state index contributed by atoms with van der Waals surface area (Å²) in [6.07, 6.45) is 3.93. The van der Waals surface area contributed by atoms with E-state index in [1.807, 2.05) is 55.5 Å². The number of benzene rings is 2. The van der Waals surface area contributed by atoms with Crippen LogP contribution in [0.2, 0.25) is 0 Å². The Morgan fingerprint density at radius 1 is 1.00 bits per heavy atom. The number of imide groups is 1. The predicted molar refractivity (Wildman–Crippen MR) is 102 cm³/mol. The SMILES string of the molecule is Cc1ccc(N2C(=O)C3=Cc4ccccc4N4CCCC4C3C2=O)cc1. The summed E-state index contributed by atoms with van der Waals surface area (Å²) in [6, 6.07) is 15.8.